The molecule has 0 saturated carbocycles. The van der Waals surface area contributed by atoms with Gasteiger partial charge in [-0.1, -0.05) is 12.1 Å². The molecule has 0 atom stereocenters. The number of nitrogens with zero attached hydrogens (tertiary/aromatic N) is 7. The minimum absolute atomic E-state index is 0.728. The van der Waals surface area contributed by atoms with Crippen LogP contribution in [0, 0.1) is 13.8 Å². The highest BCUT2D eigenvalue weighted by atomic mass is 16.4. The Labute approximate surface area is 163 Å². The second-order valence-corrected chi connectivity index (χ2v) is 7.28. The monoisotopic (exact) mass is 377 g/mol. The van der Waals surface area contributed by atoms with Gasteiger partial charge in [0.1, 0.15) is 18.2 Å². The van der Waals surface area contributed by atoms with Gasteiger partial charge in [-0.15, -0.1) is 10.2 Å². The first-order valence-electron chi connectivity index (χ1n) is 9.55. The third-order valence-electron chi connectivity index (χ3n) is 5.46. The molecule has 1 aromatic carbocycles. The maximum Gasteiger partial charge on any atom is 0.298 e. The molecule has 1 aliphatic rings. The van der Waals surface area contributed by atoms with E-state index in [1.807, 2.05) is 28.9 Å². The maximum absolute atomic E-state index is 5.92. The summed E-state index contributed by atoms with van der Waals surface area (Å²) in [6.07, 6.45) is 3.45. The molecule has 28 heavy (non-hydrogen) atoms. The van der Waals surface area contributed by atoms with Crippen molar-refractivity contribution in [2.45, 2.75) is 20.4 Å². The van der Waals surface area contributed by atoms with Gasteiger partial charge in [-0.05, 0) is 37.6 Å². The van der Waals surface area contributed by atoms with Crippen LogP contribution in [-0.2, 0) is 6.54 Å². The van der Waals surface area contributed by atoms with Crippen LogP contribution in [0.5, 0.6) is 0 Å². The fraction of sp³-hybridized carbons (Fsp3) is 0.350. The van der Waals surface area contributed by atoms with Gasteiger partial charge in [-0.2, -0.15) is 4.98 Å². The summed E-state index contributed by atoms with van der Waals surface area (Å²) in [5, 5.41) is 7.84. The van der Waals surface area contributed by atoms with E-state index in [0.29, 0.717) is 0 Å². The van der Waals surface area contributed by atoms with Gasteiger partial charge in [0, 0.05) is 44.1 Å². The Morgan fingerprint density at radius 3 is 2.50 bits per heavy atom. The molecule has 4 heterocycles. The molecule has 1 aliphatic heterocycles. The van der Waals surface area contributed by atoms with Gasteiger partial charge < -0.3 is 9.32 Å². The van der Waals surface area contributed by atoms with E-state index in [4.69, 9.17) is 4.42 Å². The van der Waals surface area contributed by atoms with Crippen LogP contribution in [0.3, 0.4) is 0 Å². The van der Waals surface area contributed by atoms with Crippen LogP contribution in [-0.4, -0.2) is 55.6 Å². The van der Waals surface area contributed by atoms with E-state index in [-0.39, 0.29) is 0 Å². The Morgan fingerprint density at radius 1 is 1.00 bits per heavy atom. The summed E-state index contributed by atoms with van der Waals surface area (Å²) in [5.74, 6) is 0. The first kappa shape index (κ1) is 17.0. The number of piperazine rings is 1. The van der Waals surface area contributed by atoms with E-state index < -0.39 is 0 Å². The molecule has 8 heteroatoms. The average Bonchev–Trinajstić information content (AvgIpc) is 3.42. The van der Waals surface area contributed by atoms with Crippen molar-refractivity contribution in [2.24, 2.45) is 0 Å². The van der Waals surface area contributed by atoms with Crippen molar-refractivity contribution in [2.75, 3.05) is 31.1 Å². The molecule has 0 bridgehead atoms. The summed E-state index contributed by atoms with van der Waals surface area (Å²) < 4.78 is 9.98. The topological polar surface area (TPSA) is 68.2 Å². The molecule has 0 aliphatic carbocycles. The molecule has 0 radical (unpaired) electrons. The normalized spacial score (nSPS) is 15.6. The van der Waals surface area contributed by atoms with Gasteiger partial charge >= 0.3 is 0 Å². The standard InChI is InChI=1S/C20H23N7O/c1-15-11-17(16(2)27(15)26-13-21-22-14-26)12-24-7-9-25(10-8-24)20-23-18-5-3-4-6-19(18)28-20/h3-6,11,13-14H,7-10,12H2,1-2H3. The number of anilines is 1. The highest BCUT2D eigenvalue weighted by Crippen LogP contribution is 2.23. The number of fused-ring (bicyclic) bond motifs is 1. The lowest BCUT2D eigenvalue weighted by atomic mass is 10.2. The molecule has 1 saturated heterocycles. The lowest BCUT2D eigenvalue weighted by Crippen LogP contribution is -2.46. The molecule has 8 nitrogen and oxygen atoms in total. The third kappa shape index (κ3) is 2.95. The summed E-state index contributed by atoms with van der Waals surface area (Å²) in [7, 11) is 0. The summed E-state index contributed by atoms with van der Waals surface area (Å²) in [4.78, 5) is 9.34. The summed E-state index contributed by atoms with van der Waals surface area (Å²) >= 11 is 0. The van der Waals surface area contributed by atoms with Gasteiger partial charge in [-0.25, -0.2) is 4.68 Å². The van der Waals surface area contributed by atoms with Gasteiger partial charge in [0.2, 0.25) is 0 Å². The first-order valence-corrected chi connectivity index (χ1v) is 9.55. The molecule has 0 unspecified atom stereocenters. The molecule has 3 aromatic heterocycles. The molecular weight excluding hydrogens is 354 g/mol. The highest BCUT2D eigenvalue weighted by molar-refractivity contribution is 5.74. The Morgan fingerprint density at radius 2 is 1.75 bits per heavy atom. The van der Waals surface area contributed by atoms with Gasteiger partial charge in [0.05, 0.1) is 0 Å². The van der Waals surface area contributed by atoms with Crippen LogP contribution < -0.4 is 4.90 Å². The van der Waals surface area contributed by atoms with Crippen molar-refractivity contribution < 1.29 is 4.42 Å². The van der Waals surface area contributed by atoms with Crippen LogP contribution in [0.1, 0.15) is 17.0 Å². The number of benzene rings is 1. The Bertz CT molecular complexity index is 1050. The number of hydrogen-bond acceptors (Lipinski definition) is 6. The largest absolute Gasteiger partial charge is 0.423 e. The number of aryl methyl sites for hydroxylation is 1. The van der Waals surface area contributed by atoms with Gasteiger partial charge in [0.25, 0.3) is 6.01 Å². The second kappa shape index (κ2) is 6.79. The molecule has 1 fully saturated rings. The highest BCUT2D eigenvalue weighted by Gasteiger charge is 2.22. The van der Waals surface area contributed by atoms with E-state index in [1.165, 1.54) is 17.0 Å². The molecular formula is C20H23N7O. The summed E-state index contributed by atoms with van der Waals surface area (Å²) in [5.41, 5.74) is 5.50. The molecule has 144 valence electrons. The minimum Gasteiger partial charge on any atom is -0.423 e. The average molecular weight is 377 g/mol. The van der Waals surface area contributed by atoms with Crippen molar-refractivity contribution in [3.8, 4) is 0 Å². The van der Waals surface area contributed by atoms with Crippen LogP contribution in [0.15, 0.2) is 47.4 Å². The molecule has 4 aromatic rings. The second-order valence-electron chi connectivity index (χ2n) is 7.28. The van der Waals surface area contributed by atoms with E-state index in [2.05, 4.69) is 49.6 Å². The number of para-hydroxylation sites is 2. The fourth-order valence-corrected chi connectivity index (χ4v) is 3.97. The predicted octanol–water partition coefficient (Wildman–Crippen LogP) is 2.47. The van der Waals surface area contributed by atoms with Crippen LogP contribution in [0.2, 0.25) is 0 Å². The van der Waals surface area contributed by atoms with Crippen LogP contribution in [0.25, 0.3) is 11.1 Å². The van der Waals surface area contributed by atoms with Crippen LogP contribution >= 0.6 is 0 Å². The van der Waals surface area contributed by atoms with Crippen molar-refractivity contribution in [3.05, 3.63) is 59.9 Å². The van der Waals surface area contributed by atoms with E-state index >= 15 is 0 Å². The first-order chi connectivity index (χ1) is 13.7. The van der Waals surface area contributed by atoms with Crippen molar-refractivity contribution >= 4 is 17.1 Å². The summed E-state index contributed by atoms with van der Waals surface area (Å²) in [6, 6.07) is 10.9. The van der Waals surface area contributed by atoms with Crippen molar-refractivity contribution in [1.29, 1.82) is 0 Å². The predicted molar refractivity (Wildman–Crippen MR) is 106 cm³/mol. The Kier molecular flexibility index (Phi) is 4.12. The Hall–Kier alpha value is -3.13. The zero-order valence-corrected chi connectivity index (χ0v) is 16.1. The van der Waals surface area contributed by atoms with Crippen LogP contribution in [0.4, 0.5) is 6.01 Å². The quantitative estimate of drug-likeness (QED) is 0.544. The Balaban J connectivity index is 1.27. The van der Waals surface area contributed by atoms with Gasteiger partial charge in [-0.3, -0.25) is 9.58 Å². The lowest BCUT2D eigenvalue weighted by Gasteiger charge is -2.33. The summed E-state index contributed by atoms with van der Waals surface area (Å²) in [6.45, 7) is 8.99. The van der Waals surface area contributed by atoms with Crippen molar-refractivity contribution in [1.82, 2.24) is 29.4 Å². The fourth-order valence-electron chi connectivity index (χ4n) is 3.97. The molecule has 5 rings (SSSR count). The number of hydrogen-bond donors (Lipinski definition) is 0. The number of oxazole rings is 1. The van der Waals surface area contributed by atoms with E-state index in [1.54, 1.807) is 12.7 Å². The van der Waals surface area contributed by atoms with E-state index in [9.17, 15) is 0 Å². The van der Waals surface area contributed by atoms with E-state index in [0.717, 1.165) is 49.8 Å². The zero-order valence-electron chi connectivity index (χ0n) is 16.1. The SMILES string of the molecule is Cc1cc(CN2CCN(c3nc4ccccc4o3)CC2)c(C)n1-n1cnnc1. The maximum atomic E-state index is 5.92. The molecule has 0 amide bonds. The third-order valence-corrected chi connectivity index (χ3v) is 5.46. The van der Waals surface area contributed by atoms with Gasteiger partial charge in [0.15, 0.2) is 5.58 Å². The zero-order chi connectivity index (χ0) is 19.1. The lowest BCUT2D eigenvalue weighted by molar-refractivity contribution is 0.245. The molecule has 0 spiro atoms. The number of rotatable bonds is 4. The number of aromatic nitrogens is 5. The molecule has 0 N–H and O–H groups in total. The smallest absolute Gasteiger partial charge is 0.298 e. The van der Waals surface area contributed by atoms with Crippen molar-refractivity contribution in [3.63, 3.8) is 0 Å². The minimum atomic E-state index is 0.728.